The first-order chi connectivity index (χ1) is 7.56. The van der Waals surface area contributed by atoms with Crippen molar-refractivity contribution >= 4 is 43.2 Å². The summed E-state index contributed by atoms with van der Waals surface area (Å²) in [6, 6.07) is 3.44. The number of thiophene rings is 1. The lowest BCUT2D eigenvalue weighted by Crippen LogP contribution is -2.53. The number of halogens is 2. The summed E-state index contributed by atoms with van der Waals surface area (Å²) in [5.74, 6) is 0. The molecule has 0 radical (unpaired) electrons. The Labute approximate surface area is 118 Å². The molecule has 1 aliphatic heterocycles. The Balaban J connectivity index is 2.02. The number of piperazine rings is 1. The number of hydrogen-bond acceptors (Lipinski definition) is 3. The Morgan fingerprint density at radius 1 is 1.50 bits per heavy atom. The SMILES string of the molecule is CC1CN(Cc2cc(Br)c(Br)s2)C(C)CN1. The Hall–Kier alpha value is 0.580. The van der Waals surface area contributed by atoms with Gasteiger partial charge in [-0.3, -0.25) is 4.90 Å². The van der Waals surface area contributed by atoms with Crippen molar-refractivity contribution in [2.75, 3.05) is 13.1 Å². The summed E-state index contributed by atoms with van der Waals surface area (Å²) in [5.41, 5.74) is 0. The van der Waals surface area contributed by atoms with Crippen molar-refractivity contribution in [1.82, 2.24) is 10.2 Å². The molecule has 1 saturated heterocycles. The van der Waals surface area contributed by atoms with Crippen LogP contribution >= 0.6 is 43.2 Å². The van der Waals surface area contributed by atoms with E-state index in [-0.39, 0.29) is 0 Å². The van der Waals surface area contributed by atoms with Gasteiger partial charge in [-0.15, -0.1) is 11.3 Å². The molecule has 2 unspecified atom stereocenters. The molecule has 5 heteroatoms. The fraction of sp³-hybridized carbons (Fsp3) is 0.636. The fourth-order valence-corrected chi connectivity index (χ4v) is 4.19. The van der Waals surface area contributed by atoms with Crippen LogP contribution in [0.2, 0.25) is 0 Å². The quantitative estimate of drug-likeness (QED) is 0.861. The van der Waals surface area contributed by atoms with E-state index in [9.17, 15) is 0 Å². The van der Waals surface area contributed by atoms with Crippen LogP contribution in [0.25, 0.3) is 0 Å². The van der Waals surface area contributed by atoms with Crippen molar-refractivity contribution in [3.8, 4) is 0 Å². The maximum absolute atomic E-state index is 3.55. The fourth-order valence-electron chi connectivity index (χ4n) is 1.99. The third-order valence-electron chi connectivity index (χ3n) is 2.95. The molecule has 2 nitrogen and oxygen atoms in total. The van der Waals surface area contributed by atoms with Gasteiger partial charge >= 0.3 is 0 Å². The molecular formula is C11H16Br2N2S. The molecule has 0 aromatic carbocycles. The largest absolute Gasteiger partial charge is 0.311 e. The maximum Gasteiger partial charge on any atom is 0.0843 e. The van der Waals surface area contributed by atoms with Gasteiger partial charge < -0.3 is 5.32 Å². The first-order valence-electron chi connectivity index (χ1n) is 5.47. The summed E-state index contributed by atoms with van der Waals surface area (Å²) in [6.45, 7) is 7.82. The van der Waals surface area contributed by atoms with Gasteiger partial charge in [-0.2, -0.15) is 0 Å². The predicted molar refractivity (Wildman–Crippen MR) is 77.1 cm³/mol. The molecular weight excluding hydrogens is 352 g/mol. The Morgan fingerprint density at radius 3 is 2.88 bits per heavy atom. The van der Waals surface area contributed by atoms with E-state index in [2.05, 4.69) is 62.0 Å². The Bertz CT molecular complexity index is 347. The molecule has 2 rings (SSSR count). The molecule has 1 aliphatic rings. The lowest BCUT2D eigenvalue weighted by Gasteiger charge is -2.37. The van der Waals surface area contributed by atoms with Crippen molar-refractivity contribution in [2.45, 2.75) is 32.5 Å². The minimum Gasteiger partial charge on any atom is -0.311 e. The van der Waals surface area contributed by atoms with E-state index in [0.29, 0.717) is 12.1 Å². The highest BCUT2D eigenvalue weighted by Gasteiger charge is 2.22. The Kier molecular flexibility index (Phi) is 4.46. The molecule has 1 N–H and O–H groups in total. The average Bonchev–Trinajstić information content (AvgIpc) is 2.52. The summed E-state index contributed by atoms with van der Waals surface area (Å²) in [7, 11) is 0. The second kappa shape index (κ2) is 5.48. The monoisotopic (exact) mass is 366 g/mol. The molecule has 90 valence electrons. The smallest absolute Gasteiger partial charge is 0.0843 e. The second-order valence-electron chi connectivity index (χ2n) is 4.42. The topological polar surface area (TPSA) is 15.3 Å². The lowest BCUT2D eigenvalue weighted by atomic mass is 10.1. The van der Waals surface area contributed by atoms with Crippen molar-refractivity contribution in [3.05, 3.63) is 19.2 Å². The number of rotatable bonds is 2. The van der Waals surface area contributed by atoms with Crippen LogP contribution in [0.3, 0.4) is 0 Å². The van der Waals surface area contributed by atoms with Gasteiger partial charge in [0.15, 0.2) is 0 Å². The van der Waals surface area contributed by atoms with Crippen LogP contribution in [0.4, 0.5) is 0 Å². The van der Waals surface area contributed by atoms with Gasteiger partial charge in [-0.25, -0.2) is 0 Å². The van der Waals surface area contributed by atoms with Gasteiger partial charge in [0.05, 0.1) is 3.79 Å². The summed E-state index contributed by atoms with van der Waals surface area (Å²) in [5, 5.41) is 3.51. The van der Waals surface area contributed by atoms with Crippen LogP contribution < -0.4 is 5.32 Å². The van der Waals surface area contributed by atoms with Crippen molar-refractivity contribution in [3.63, 3.8) is 0 Å². The lowest BCUT2D eigenvalue weighted by molar-refractivity contribution is 0.140. The van der Waals surface area contributed by atoms with Crippen molar-refractivity contribution < 1.29 is 0 Å². The summed E-state index contributed by atoms with van der Waals surface area (Å²) >= 11 is 8.91. The first kappa shape index (κ1) is 13.0. The zero-order valence-electron chi connectivity index (χ0n) is 9.46. The predicted octanol–water partition coefficient (Wildman–Crippen LogP) is 3.46. The minimum atomic E-state index is 0.600. The van der Waals surface area contributed by atoms with E-state index >= 15 is 0 Å². The van der Waals surface area contributed by atoms with E-state index in [1.807, 2.05) is 11.3 Å². The molecule has 2 heterocycles. The van der Waals surface area contributed by atoms with Crippen LogP contribution in [0.1, 0.15) is 18.7 Å². The van der Waals surface area contributed by atoms with Crippen LogP contribution in [0.15, 0.2) is 14.3 Å². The van der Waals surface area contributed by atoms with Crippen molar-refractivity contribution in [1.29, 1.82) is 0 Å². The highest BCUT2D eigenvalue weighted by Crippen LogP contribution is 2.33. The molecule has 0 amide bonds. The van der Waals surface area contributed by atoms with Gasteiger partial charge in [0.25, 0.3) is 0 Å². The van der Waals surface area contributed by atoms with Crippen molar-refractivity contribution in [2.24, 2.45) is 0 Å². The average molecular weight is 368 g/mol. The molecule has 1 fully saturated rings. The number of nitrogens with zero attached hydrogens (tertiary/aromatic N) is 1. The van der Waals surface area contributed by atoms with E-state index < -0.39 is 0 Å². The molecule has 0 bridgehead atoms. The molecule has 1 aromatic heterocycles. The molecule has 0 spiro atoms. The highest BCUT2D eigenvalue weighted by molar-refractivity contribution is 9.13. The molecule has 1 aromatic rings. The van der Waals surface area contributed by atoms with E-state index in [4.69, 9.17) is 0 Å². The van der Waals surface area contributed by atoms with Crippen LogP contribution in [0.5, 0.6) is 0 Å². The molecule has 16 heavy (non-hydrogen) atoms. The van der Waals surface area contributed by atoms with Gasteiger partial charge in [0, 0.05) is 41.1 Å². The van der Waals surface area contributed by atoms with Crippen LogP contribution in [0, 0.1) is 0 Å². The molecule has 0 saturated carbocycles. The second-order valence-corrected chi connectivity index (χ2v) is 7.73. The number of nitrogens with one attached hydrogen (secondary N) is 1. The third kappa shape index (κ3) is 3.07. The molecule has 2 atom stereocenters. The van der Waals surface area contributed by atoms with Crippen LogP contribution in [-0.4, -0.2) is 30.1 Å². The zero-order chi connectivity index (χ0) is 11.7. The maximum atomic E-state index is 3.55. The zero-order valence-corrected chi connectivity index (χ0v) is 13.5. The van der Waals surface area contributed by atoms with E-state index in [0.717, 1.165) is 19.6 Å². The number of hydrogen-bond donors (Lipinski definition) is 1. The van der Waals surface area contributed by atoms with Gasteiger partial charge in [-0.1, -0.05) is 0 Å². The van der Waals surface area contributed by atoms with Crippen LogP contribution in [-0.2, 0) is 6.54 Å². The van der Waals surface area contributed by atoms with Gasteiger partial charge in [0.1, 0.15) is 0 Å². The first-order valence-corrected chi connectivity index (χ1v) is 7.87. The Morgan fingerprint density at radius 2 is 2.25 bits per heavy atom. The summed E-state index contributed by atoms with van der Waals surface area (Å²) in [4.78, 5) is 3.96. The standard InChI is InChI=1S/C11H16Br2N2S/c1-7-5-15(8(2)4-14-7)6-9-3-10(12)11(13)16-9/h3,7-8,14H,4-6H2,1-2H3. The molecule has 0 aliphatic carbocycles. The van der Waals surface area contributed by atoms with E-state index in [1.165, 1.54) is 13.1 Å². The minimum absolute atomic E-state index is 0.600. The normalized spacial score (nSPS) is 27.2. The van der Waals surface area contributed by atoms with Gasteiger partial charge in [0.2, 0.25) is 0 Å². The summed E-state index contributed by atoms with van der Waals surface area (Å²) < 4.78 is 2.36. The summed E-state index contributed by atoms with van der Waals surface area (Å²) in [6.07, 6.45) is 0. The highest BCUT2D eigenvalue weighted by atomic mass is 79.9. The third-order valence-corrected chi connectivity index (χ3v) is 6.19. The van der Waals surface area contributed by atoms with Gasteiger partial charge in [-0.05, 0) is 51.8 Å². The van der Waals surface area contributed by atoms with E-state index in [1.54, 1.807) is 0 Å².